The van der Waals surface area contributed by atoms with Crippen molar-refractivity contribution < 1.29 is 9.84 Å². The highest BCUT2D eigenvalue weighted by Gasteiger charge is 2.10. The Morgan fingerprint density at radius 3 is 2.63 bits per heavy atom. The molecule has 0 heterocycles. The number of aliphatic hydroxyl groups is 1. The third-order valence-corrected chi connectivity index (χ3v) is 3.20. The fraction of sp³-hybridized carbons (Fsp3) is 0.625. The van der Waals surface area contributed by atoms with Gasteiger partial charge in [-0.15, -0.1) is 0 Å². The van der Waals surface area contributed by atoms with E-state index >= 15 is 0 Å². The van der Waals surface area contributed by atoms with Gasteiger partial charge in [-0.25, -0.2) is 0 Å². The van der Waals surface area contributed by atoms with Crippen LogP contribution in [0.1, 0.15) is 50.8 Å². The van der Waals surface area contributed by atoms with Gasteiger partial charge < -0.3 is 14.7 Å². The molecule has 108 valence electrons. The first kappa shape index (κ1) is 16.0. The maximum absolute atomic E-state index is 9.69. The minimum atomic E-state index is -0.435. The van der Waals surface area contributed by atoms with E-state index in [1.165, 1.54) is 12.8 Å². The third-order valence-electron chi connectivity index (χ3n) is 3.20. The monoisotopic (exact) mass is 265 g/mol. The summed E-state index contributed by atoms with van der Waals surface area (Å²) in [5.74, 6) is 0.926. The van der Waals surface area contributed by atoms with E-state index in [-0.39, 0.29) is 0 Å². The van der Waals surface area contributed by atoms with Gasteiger partial charge >= 0.3 is 0 Å². The number of benzene rings is 1. The van der Waals surface area contributed by atoms with Crippen LogP contribution in [0.25, 0.3) is 0 Å². The summed E-state index contributed by atoms with van der Waals surface area (Å²) in [6.45, 7) is 8.59. The van der Waals surface area contributed by atoms with Crippen molar-refractivity contribution in [2.24, 2.45) is 0 Å². The molecule has 1 N–H and O–H groups in total. The molecule has 0 aromatic heterocycles. The van der Waals surface area contributed by atoms with Gasteiger partial charge in [0.2, 0.25) is 0 Å². The molecule has 1 atom stereocenters. The van der Waals surface area contributed by atoms with Crippen LogP contribution < -0.4 is 4.74 Å². The van der Waals surface area contributed by atoms with Crippen LogP contribution in [0.4, 0.5) is 0 Å². The van der Waals surface area contributed by atoms with Crippen LogP contribution in [0, 0.1) is 0 Å². The lowest BCUT2D eigenvalue weighted by molar-refractivity contribution is 0.198. The first-order valence-electron chi connectivity index (χ1n) is 7.20. The van der Waals surface area contributed by atoms with Crippen molar-refractivity contribution >= 4 is 0 Å². The molecule has 1 rings (SSSR count). The summed E-state index contributed by atoms with van der Waals surface area (Å²) < 4.78 is 5.67. The Morgan fingerprint density at radius 2 is 2.05 bits per heavy atom. The van der Waals surface area contributed by atoms with Crippen LogP contribution in [-0.2, 0) is 6.54 Å². The summed E-state index contributed by atoms with van der Waals surface area (Å²) in [4.78, 5) is 2.30. The summed E-state index contributed by atoms with van der Waals surface area (Å²) in [5.41, 5.74) is 2.10. The van der Waals surface area contributed by atoms with E-state index in [1.807, 2.05) is 19.1 Å². The van der Waals surface area contributed by atoms with Crippen molar-refractivity contribution in [3.8, 4) is 5.75 Å². The quantitative estimate of drug-likeness (QED) is 0.782. The maximum atomic E-state index is 9.69. The van der Waals surface area contributed by atoms with E-state index in [0.29, 0.717) is 6.61 Å². The highest BCUT2D eigenvalue weighted by Crippen LogP contribution is 2.24. The van der Waals surface area contributed by atoms with Gasteiger partial charge in [-0.1, -0.05) is 19.4 Å². The summed E-state index contributed by atoms with van der Waals surface area (Å²) in [6.07, 6.45) is 1.97. The van der Waals surface area contributed by atoms with Gasteiger partial charge in [0.05, 0.1) is 12.7 Å². The van der Waals surface area contributed by atoms with E-state index in [1.54, 1.807) is 6.92 Å². The van der Waals surface area contributed by atoms with Crippen LogP contribution in [0.15, 0.2) is 18.2 Å². The number of rotatable bonds is 8. The number of unbranched alkanes of at least 4 members (excludes halogenated alkanes) is 1. The van der Waals surface area contributed by atoms with Crippen LogP contribution in [0.5, 0.6) is 5.75 Å². The molecular weight excluding hydrogens is 238 g/mol. The van der Waals surface area contributed by atoms with E-state index in [9.17, 15) is 5.11 Å². The molecule has 3 nitrogen and oxygen atoms in total. The number of aliphatic hydroxyl groups excluding tert-OH is 1. The molecule has 0 aliphatic carbocycles. The molecule has 1 unspecified atom stereocenters. The molecule has 1 aromatic carbocycles. The zero-order chi connectivity index (χ0) is 14.3. The molecule has 0 spiro atoms. The Kier molecular flexibility index (Phi) is 6.89. The minimum Gasteiger partial charge on any atom is -0.494 e. The van der Waals surface area contributed by atoms with Crippen molar-refractivity contribution in [1.82, 2.24) is 4.90 Å². The fourth-order valence-corrected chi connectivity index (χ4v) is 2.08. The number of nitrogens with zero attached hydrogens (tertiary/aromatic N) is 1. The second-order valence-electron chi connectivity index (χ2n) is 5.07. The summed E-state index contributed by atoms with van der Waals surface area (Å²) in [6, 6.07) is 5.96. The summed E-state index contributed by atoms with van der Waals surface area (Å²) in [7, 11) is 2.13. The molecule has 0 aliphatic rings. The van der Waals surface area contributed by atoms with Crippen LogP contribution in [0.2, 0.25) is 0 Å². The number of hydrogen-bond acceptors (Lipinski definition) is 3. The first-order valence-corrected chi connectivity index (χ1v) is 7.20. The summed E-state index contributed by atoms with van der Waals surface area (Å²) in [5, 5.41) is 9.69. The van der Waals surface area contributed by atoms with E-state index < -0.39 is 6.10 Å². The number of hydrogen-bond donors (Lipinski definition) is 1. The Hall–Kier alpha value is -1.06. The Labute approximate surface area is 117 Å². The zero-order valence-electron chi connectivity index (χ0n) is 12.6. The summed E-state index contributed by atoms with van der Waals surface area (Å²) >= 11 is 0. The van der Waals surface area contributed by atoms with Crippen molar-refractivity contribution in [3.63, 3.8) is 0 Å². The van der Waals surface area contributed by atoms with E-state index in [4.69, 9.17) is 4.74 Å². The van der Waals surface area contributed by atoms with E-state index in [2.05, 4.69) is 24.9 Å². The van der Waals surface area contributed by atoms with Crippen molar-refractivity contribution in [2.75, 3.05) is 20.2 Å². The van der Waals surface area contributed by atoms with Gasteiger partial charge in [0.25, 0.3) is 0 Å². The molecule has 0 aliphatic heterocycles. The van der Waals surface area contributed by atoms with Crippen LogP contribution >= 0.6 is 0 Å². The zero-order valence-corrected chi connectivity index (χ0v) is 12.6. The van der Waals surface area contributed by atoms with Crippen molar-refractivity contribution in [3.05, 3.63) is 29.3 Å². The number of ether oxygens (including phenoxy) is 1. The topological polar surface area (TPSA) is 32.7 Å². The standard InChI is InChI=1S/C16H27NO2/c1-5-7-10-17(4)12-15-11-14(13(3)18)8-9-16(15)19-6-2/h8-9,11,13,18H,5-7,10,12H2,1-4H3. The highest BCUT2D eigenvalue weighted by molar-refractivity contribution is 5.38. The van der Waals surface area contributed by atoms with Crippen molar-refractivity contribution in [2.45, 2.75) is 46.3 Å². The average Bonchev–Trinajstić information content (AvgIpc) is 2.38. The van der Waals surface area contributed by atoms with Gasteiger partial charge in [0.15, 0.2) is 0 Å². The van der Waals surface area contributed by atoms with Crippen LogP contribution in [0.3, 0.4) is 0 Å². The molecule has 1 aromatic rings. The van der Waals surface area contributed by atoms with Gasteiger partial charge in [0, 0.05) is 12.1 Å². The van der Waals surface area contributed by atoms with Crippen molar-refractivity contribution in [1.29, 1.82) is 0 Å². The van der Waals surface area contributed by atoms with Gasteiger partial charge in [-0.3, -0.25) is 0 Å². The molecule has 0 fully saturated rings. The molecule has 0 saturated heterocycles. The lowest BCUT2D eigenvalue weighted by Gasteiger charge is -2.20. The molecule has 19 heavy (non-hydrogen) atoms. The highest BCUT2D eigenvalue weighted by atomic mass is 16.5. The Bertz CT molecular complexity index is 377. The predicted molar refractivity (Wildman–Crippen MR) is 79.5 cm³/mol. The maximum Gasteiger partial charge on any atom is 0.123 e. The smallest absolute Gasteiger partial charge is 0.123 e. The van der Waals surface area contributed by atoms with E-state index in [0.717, 1.165) is 30.0 Å². The second-order valence-corrected chi connectivity index (χ2v) is 5.07. The largest absolute Gasteiger partial charge is 0.494 e. The normalized spacial score (nSPS) is 12.7. The SMILES string of the molecule is CCCCN(C)Cc1cc(C(C)O)ccc1OCC. The fourth-order valence-electron chi connectivity index (χ4n) is 2.08. The second kappa shape index (κ2) is 8.18. The molecule has 0 amide bonds. The lowest BCUT2D eigenvalue weighted by atomic mass is 10.1. The predicted octanol–water partition coefficient (Wildman–Crippen LogP) is 3.37. The minimum absolute atomic E-state index is 0.435. The molecule has 0 bridgehead atoms. The third kappa shape index (κ3) is 5.21. The Morgan fingerprint density at radius 1 is 1.32 bits per heavy atom. The molecule has 3 heteroatoms. The molecule has 0 radical (unpaired) electrons. The first-order chi connectivity index (χ1) is 9.08. The lowest BCUT2D eigenvalue weighted by Crippen LogP contribution is -2.19. The Balaban J connectivity index is 2.84. The van der Waals surface area contributed by atoms with Gasteiger partial charge in [0.1, 0.15) is 5.75 Å². The average molecular weight is 265 g/mol. The van der Waals surface area contributed by atoms with Crippen LogP contribution in [-0.4, -0.2) is 30.2 Å². The molecule has 0 saturated carbocycles. The molecular formula is C16H27NO2. The van der Waals surface area contributed by atoms with Gasteiger partial charge in [-0.2, -0.15) is 0 Å². The van der Waals surface area contributed by atoms with Gasteiger partial charge in [-0.05, 0) is 51.6 Å².